The lowest BCUT2D eigenvalue weighted by Gasteiger charge is -2.40. The molecule has 2 amide bonds. The highest BCUT2D eigenvalue weighted by Gasteiger charge is 2.48. The molecular weight excluding hydrogens is 223 g/mol. The molecular formula is C12H19FN2O2. The SMILES string of the molecule is CC(C)C1NC(=O)C(C2CC2)N(CCF)C1=O. The third-order valence-corrected chi connectivity index (χ3v) is 3.51. The first-order valence-electron chi connectivity index (χ1n) is 6.23. The average Bonchev–Trinajstić information content (AvgIpc) is 3.07. The van der Waals surface area contributed by atoms with Gasteiger partial charge in [0, 0.05) is 6.54 Å². The fourth-order valence-electron chi connectivity index (χ4n) is 2.43. The van der Waals surface area contributed by atoms with E-state index >= 15 is 0 Å². The van der Waals surface area contributed by atoms with Crippen LogP contribution >= 0.6 is 0 Å². The molecule has 96 valence electrons. The minimum atomic E-state index is -0.590. The first kappa shape index (κ1) is 12.3. The number of hydrogen-bond acceptors (Lipinski definition) is 2. The molecule has 2 aliphatic rings. The molecule has 0 radical (unpaired) electrons. The molecule has 0 aromatic carbocycles. The minimum Gasteiger partial charge on any atom is -0.342 e. The van der Waals surface area contributed by atoms with Gasteiger partial charge < -0.3 is 10.2 Å². The Morgan fingerprint density at radius 2 is 2.06 bits per heavy atom. The van der Waals surface area contributed by atoms with Crippen LogP contribution in [-0.4, -0.2) is 42.0 Å². The zero-order chi connectivity index (χ0) is 12.6. The van der Waals surface area contributed by atoms with Gasteiger partial charge in [-0.05, 0) is 24.7 Å². The summed E-state index contributed by atoms with van der Waals surface area (Å²) in [6, 6.07) is -0.933. The first-order chi connectivity index (χ1) is 8.06. The molecule has 5 heteroatoms. The molecule has 0 spiro atoms. The van der Waals surface area contributed by atoms with E-state index in [0.29, 0.717) is 0 Å². The van der Waals surface area contributed by atoms with Crippen LogP contribution in [0.15, 0.2) is 0 Å². The molecule has 2 rings (SSSR count). The molecule has 1 saturated heterocycles. The lowest BCUT2D eigenvalue weighted by atomic mass is 9.96. The van der Waals surface area contributed by atoms with Gasteiger partial charge in [-0.15, -0.1) is 0 Å². The molecule has 1 N–H and O–H groups in total. The molecule has 1 saturated carbocycles. The zero-order valence-electron chi connectivity index (χ0n) is 10.3. The maximum Gasteiger partial charge on any atom is 0.246 e. The van der Waals surface area contributed by atoms with E-state index < -0.39 is 18.8 Å². The number of carbonyl (C=O) groups is 2. The van der Waals surface area contributed by atoms with Crippen LogP contribution in [-0.2, 0) is 9.59 Å². The van der Waals surface area contributed by atoms with Crippen LogP contribution in [0.25, 0.3) is 0 Å². The van der Waals surface area contributed by atoms with Crippen LogP contribution in [0.1, 0.15) is 26.7 Å². The highest BCUT2D eigenvalue weighted by molar-refractivity contribution is 5.97. The van der Waals surface area contributed by atoms with Gasteiger partial charge >= 0.3 is 0 Å². The van der Waals surface area contributed by atoms with E-state index in [4.69, 9.17) is 0 Å². The number of nitrogens with zero attached hydrogens (tertiary/aromatic N) is 1. The van der Waals surface area contributed by atoms with E-state index in [1.54, 1.807) is 0 Å². The number of piperazine rings is 1. The highest BCUT2D eigenvalue weighted by atomic mass is 19.1. The Bertz CT molecular complexity index is 328. The summed E-state index contributed by atoms with van der Waals surface area (Å²) in [5, 5.41) is 2.77. The summed E-state index contributed by atoms with van der Waals surface area (Å²) < 4.78 is 12.5. The third kappa shape index (κ3) is 2.28. The maximum absolute atomic E-state index is 12.5. The lowest BCUT2D eigenvalue weighted by Crippen LogP contribution is -2.65. The quantitative estimate of drug-likeness (QED) is 0.789. The second-order valence-electron chi connectivity index (χ2n) is 5.23. The molecule has 0 bridgehead atoms. The summed E-state index contributed by atoms with van der Waals surface area (Å²) in [7, 11) is 0. The Labute approximate surface area is 101 Å². The van der Waals surface area contributed by atoms with Crippen molar-refractivity contribution >= 4 is 11.8 Å². The average molecular weight is 242 g/mol. The van der Waals surface area contributed by atoms with Gasteiger partial charge in [-0.3, -0.25) is 9.59 Å². The van der Waals surface area contributed by atoms with Crippen LogP contribution in [0.5, 0.6) is 0 Å². The number of halogens is 1. The van der Waals surface area contributed by atoms with Gasteiger partial charge in [0.2, 0.25) is 11.8 Å². The predicted molar refractivity (Wildman–Crippen MR) is 61.0 cm³/mol. The minimum absolute atomic E-state index is 0.0358. The van der Waals surface area contributed by atoms with E-state index in [2.05, 4.69) is 5.32 Å². The van der Waals surface area contributed by atoms with E-state index in [0.717, 1.165) is 12.8 Å². The molecule has 0 aromatic rings. The Morgan fingerprint density at radius 3 is 2.53 bits per heavy atom. The van der Waals surface area contributed by atoms with Gasteiger partial charge in [-0.25, -0.2) is 4.39 Å². The lowest BCUT2D eigenvalue weighted by molar-refractivity contribution is -0.151. The molecule has 2 unspecified atom stereocenters. The van der Waals surface area contributed by atoms with Crippen LogP contribution in [0, 0.1) is 11.8 Å². The number of hydrogen-bond donors (Lipinski definition) is 1. The molecule has 1 heterocycles. The molecule has 1 aliphatic carbocycles. The van der Waals surface area contributed by atoms with Crippen molar-refractivity contribution in [2.24, 2.45) is 11.8 Å². The topological polar surface area (TPSA) is 49.4 Å². The monoisotopic (exact) mass is 242 g/mol. The summed E-state index contributed by atoms with van der Waals surface area (Å²) >= 11 is 0. The van der Waals surface area contributed by atoms with Crippen LogP contribution < -0.4 is 5.32 Å². The summed E-state index contributed by atoms with van der Waals surface area (Å²) in [5.41, 5.74) is 0. The normalized spacial score (nSPS) is 29.8. The van der Waals surface area contributed by atoms with E-state index in [1.807, 2.05) is 13.8 Å². The summed E-state index contributed by atoms with van der Waals surface area (Å²) in [6.45, 7) is 3.21. The molecule has 2 atom stereocenters. The van der Waals surface area contributed by atoms with Crippen molar-refractivity contribution in [2.75, 3.05) is 13.2 Å². The van der Waals surface area contributed by atoms with Crippen molar-refractivity contribution in [2.45, 2.75) is 38.8 Å². The van der Waals surface area contributed by atoms with Crippen molar-refractivity contribution in [3.8, 4) is 0 Å². The van der Waals surface area contributed by atoms with Crippen molar-refractivity contribution in [1.29, 1.82) is 0 Å². The highest BCUT2D eigenvalue weighted by Crippen LogP contribution is 2.37. The van der Waals surface area contributed by atoms with Crippen molar-refractivity contribution in [3.63, 3.8) is 0 Å². The largest absolute Gasteiger partial charge is 0.342 e. The van der Waals surface area contributed by atoms with Gasteiger partial charge in [0.05, 0.1) is 0 Å². The van der Waals surface area contributed by atoms with Gasteiger partial charge in [0.25, 0.3) is 0 Å². The maximum atomic E-state index is 12.5. The van der Waals surface area contributed by atoms with E-state index in [1.165, 1.54) is 4.90 Å². The fraction of sp³-hybridized carbons (Fsp3) is 0.833. The fourth-order valence-corrected chi connectivity index (χ4v) is 2.43. The van der Waals surface area contributed by atoms with Gasteiger partial charge in [0.15, 0.2) is 0 Å². The van der Waals surface area contributed by atoms with Crippen LogP contribution in [0.3, 0.4) is 0 Å². The van der Waals surface area contributed by atoms with Gasteiger partial charge in [0.1, 0.15) is 18.8 Å². The summed E-state index contributed by atoms with van der Waals surface area (Å²) in [4.78, 5) is 25.6. The summed E-state index contributed by atoms with van der Waals surface area (Å²) in [5.74, 6) is 0.0285. The molecule has 17 heavy (non-hydrogen) atoms. The molecule has 0 aromatic heterocycles. The Kier molecular flexibility index (Phi) is 3.35. The Morgan fingerprint density at radius 1 is 1.41 bits per heavy atom. The van der Waals surface area contributed by atoms with Crippen molar-refractivity contribution in [1.82, 2.24) is 10.2 Å². The van der Waals surface area contributed by atoms with Crippen LogP contribution in [0.4, 0.5) is 4.39 Å². The van der Waals surface area contributed by atoms with Crippen molar-refractivity contribution in [3.05, 3.63) is 0 Å². The third-order valence-electron chi connectivity index (χ3n) is 3.51. The van der Waals surface area contributed by atoms with Gasteiger partial charge in [-0.2, -0.15) is 0 Å². The van der Waals surface area contributed by atoms with Gasteiger partial charge in [-0.1, -0.05) is 13.8 Å². The zero-order valence-corrected chi connectivity index (χ0v) is 10.3. The second-order valence-corrected chi connectivity index (χ2v) is 5.23. The number of nitrogens with one attached hydrogen (secondary N) is 1. The Balaban J connectivity index is 2.19. The second kappa shape index (κ2) is 4.63. The molecule has 4 nitrogen and oxygen atoms in total. The van der Waals surface area contributed by atoms with E-state index in [9.17, 15) is 14.0 Å². The van der Waals surface area contributed by atoms with Crippen LogP contribution in [0.2, 0.25) is 0 Å². The number of alkyl halides is 1. The smallest absolute Gasteiger partial charge is 0.246 e. The van der Waals surface area contributed by atoms with E-state index in [-0.39, 0.29) is 30.2 Å². The number of amides is 2. The standard InChI is InChI=1S/C12H19FN2O2/c1-7(2)9-12(17)15(6-5-13)10(8-3-4-8)11(16)14-9/h7-10H,3-6H2,1-2H3,(H,14,16). The molecule has 2 fully saturated rings. The molecule has 1 aliphatic heterocycles. The summed E-state index contributed by atoms with van der Waals surface area (Å²) in [6.07, 6.45) is 1.92. The number of carbonyl (C=O) groups excluding carboxylic acids is 2. The van der Waals surface area contributed by atoms with Crippen molar-refractivity contribution < 1.29 is 14.0 Å². The predicted octanol–water partition coefficient (Wildman–Crippen LogP) is 0.717. The first-order valence-corrected chi connectivity index (χ1v) is 6.23. The number of rotatable bonds is 4. The Hall–Kier alpha value is -1.13.